The van der Waals surface area contributed by atoms with Crippen molar-refractivity contribution in [2.45, 2.75) is 31.3 Å². The Hall–Kier alpha value is -0.200. The third-order valence-corrected chi connectivity index (χ3v) is 2.62. The van der Waals surface area contributed by atoms with Crippen molar-refractivity contribution in [2.24, 2.45) is 0 Å². The third kappa shape index (κ3) is 2.00. The Morgan fingerprint density at radius 3 is 2.31 bits per heavy atom. The van der Waals surface area contributed by atoms with Crippen LogP contribution in [0.2, 0.25) is 0 Å². The van der Waals surface area contributed by atoms with Crippen molar-refractivity contribution in [3.8, 4) is 0 Å². The molecule has 5 heteroatoms. The zero-order valence-electron chi connectivity index (χ0n) is 7.67. The summed E-state index contributed by atoms with van der Waals surface area (Å²) in [5.74, 6) is 0. The number of hydrogen-bond acceptors (Lipinski definition) is 5. The first-order chi connectivity index (χ1) is 6.11. The molecule has 78 valence electrons. The van der Waals surface area contributed by atoms with Gasteiger partial charge in [-0.3, -0.25) is 4.90 Å². The molecule has 1 aliphatic rings. The molecule has 5 nitrogen and oxygen atoms in total. The largest absolute Gasteiger partial charge is 0.395 e. The molecule has 4 N–H and O–H groups in total. The van der Waals surface area contributed by atoms with Gasteiger partial charge in [0, 0.05) is 6.54 Å². The summed E-state index contributed by atoms with van der Waals surface area (Å²) in [6.07, 6.45) is -3.16. The summed E-state index contributed by atoms with van der Waals surface area (Å²) in [5.41, 5.74) is 0. The van der Waals surface area contributed by atoms with E-state index in [4.69, 9.17) is 5.11 Å². The van der Waals surface area contributed by atoms with Crippen LogP contribution in [0.1, 0.15) is 6.92 Å². The van der Waals surface area contributed by atoms with Crippen molar-refractivity contribution in [1.29, 1.82) is 0 Å². The van der Waals surface area contributed by atoms with Crippen LogP contribution in [0, 0.1) is 0 Å². The quantitative estimate of drug-likeness (QED) is 0.397. The van der Waals surface area contributed by atoms with Gasteiger partial charge in [-0.2, -0.15) is 0 Å². The molecule has 0 saturated carbocycles. The van der Waals surface area contributed by atoms with Crippen LogP contribution < -0.4 is 0 Å². The first kappa shape index (κ1) is 10.9. The molecular formula is C8H17NO4. The predicted molar refractivity (Wildman–Crippen MR) is 46.1 cm³/mol. The van der Waals surface area contributed by atoms with Gasteiger partial charge in [0.2, 0.25) is 0 Å². The standard InChI is InChI=1S/C8H17NO4/c1-2-9-3-6(11)8(13)7(12)5(9)4-10/h5-8,10-13H,2-4H2,1H3/t5-,6+,7-,8-/m1/s1. The number of rotatable bonds is 2. The second-order valence-electron chi connectivity index (χ2n) is 3.39. The van der Waals surface area contributed by atoms with Gasteiger partial charge in [0.25, 0.3) is 0 Å². The van der Waals surface area contributed by atoms with Crippen molar-refractivity contribution in [3.63, 3.8) is 0 Å². The van der Waals surface area contributed by atoms with Gasteiger partial charge in [-0.25, -0.2) is 0 Å². The van der Waals surface area contributed by atoms with E-state index in [-0.39, 0.29) is 6.61 Å². The predicted octanol–water partition coefficient (Wildman–Crippen LogP) is -2.23. The van der Waals surface area contributed by atoms with Crippen molar-refractivity contribution in [3.05, 3.63) is 0 Å². The van der Waals surface area contributed by atoms with E-state index in [9.17, 15) is 15.3 Å². The summed E-state index contributed by atoms with van der Waals surface area (Å²) in [7, 11) is 0. The summed E-state index contributed by atoms with van der Waals surface area (Å²) < 4.78 is 0. The molecule has 1 heterocycles. The van der Waals surface area contributed by atoms with E-state index in [1.807, 2.05) is 6.92 Å². The molecule has 0 spiro atoms. The first-order valence-electron chi connectivity index (χ1n) is 4.51. The second-order valence-corrected chi connectivity index (χ2v) is 3.39. The molecule has 0 unspecified atom stereocenters. The number of likely N-dealkylation sites (tertiary alicyclic amines) is 1. The topological polar surface area (TPSA) is 84.2 Å². The highest BCUT2D eigenvalue weighted by Gasteiger charge is 2.40. The fraction of sp³-hybridized carbons (Fsp3) is 1.00. The third-order valence-electron chi connectivity index (χ3n) is 2.62. The van der Waals surface area contributed by atoms with Crippen LogP contribution in [0.25, 0.3) is 0 Å². The van der Waals surface area contributed by atoms with Crippen molar-refractivity contribution in [1.82, 2.24) is 4.90 Å². The van der Waals surface area contributed by atoms with Gasteiger partial charge in [0.1, 0.15) is 12.2 Å². The zero-order valence-corrected chi connectivity index (χ0v) is 7.67. The number of likely N-dealkylation sites (N-methyl/N-ethyl adjacent to an activating group) is 1. The maximum Gasteiger partial charge on any atom is 0.109 e. The molecule has 1 rings (SSSR count). The molecular weight excluding hydrogens is 174 g/mol. The van der Waals surface area contributed by atoms with Gasteiger partial charge in [-0.15, -0.1) is 0 Å². The van der Waals surface area contributed by atoms with Gasteiger partial charge in [-0.05, 0) is 6.54 Å². The molecule has 1 saturated heterocycles. The lowest BCUT2D eigenvalue weighted by atomic mass is 9.94. The number of nitrogens with zero attached hydrogens (tertiary/aromatic N) is 1. The van der Waals surface area contributed by atoms with Crippen LogP contribution in [0.5, 0.6) is 0 Å². The molecule has 13 heavy (non-hydrogen) atoms. The highest BCUT2D eigenvalue weighted by atomic mass is 16.4. The lowest BCUT2D eigenvalue weighted by molar-refractivity contribution is -0.143. The van der Waals surface area contributed by atoms with Crippen molar-refractivity contribution in [2.75, 3.05) is 19.7 Å². The van der Waals surface area contributed by atoms with E-state index >= 15 is 0 Å². The fourth-order valence-corrected chi connectivity index (χ4v) is 1.74. The second kappa shape index (κ2) is 4.34. The average Bonchev–Trinajstić information content (AvgIpc) is 2.13. The number of aliphatic hydroxyl groups is 4. The number of aliphatic hydroxyl groups excluding tert-OH is 4. The summed E-state index contributed by atoms with van der Waals surface area (Å²) in [4.78, 5) is 1.75. The summed E-state index contributed by atoms with van der Waals surface area (Å²) in [6.45, 7) is 2.59. The highest BCUT2D eigenvalue weighted by Crippen LogP contribution is 2.18. The number of piperidine rings is 1. The Morgan fingerprint density at radius 2 is 1.85 bits per heavy atom. The zero-order chi connectivity index (χ0) is 10.0. The van der Waals surface area contributed by atoms with Gasteiger partial charge in [0.05, 0.1) is 18.8 Å². The number of β-amino-alcohol motifs (C(OH)–C–C–N with tert-alkyl or cyclic N) is 1. The fourth-order valence-electron chi connectivity index (χ4n) is 1.74. The van der Waals surface area contributed by atoms with Gasteiger partial charge < -0.3 is 20.4 Å². The molecule has 0 radical (unpaired) electrons. The minimum Gasteiger partial charge on any atom is -0.395 e. The van der Waals surface area contributed by atoms with Crippen molar-refractivity contribution >= 4 is 0 Å². The Labute approximate surface area is 77.2 Å². The van der Waals surface area contributed by atoms with E-state index in [0.717, 1.165) is 0 Å². The smallest absolute Gasteiger partial charge is 0.109 e. The Kier molecular flexibility index (Phi) is 3.63. The maximum absolute atomic E-state index is 9.50. The summed E-state index contributed by atoms with van der Waals surface area (Å²) in [6, 6.07) is -0.469. The lowest BCUT2D eigenvalue weighted by Crippen LogP contribution is -2.62. The normalized spacial score (nSPS) is 42.2. The summed E-state index contributed by atoms with van der Waals surface area (Å²) >= 11 is 0. The van der Waals surface area contributed by atoms with Crippen LogP contribution in [0.4, 0.5) is 0 Å². The van der Waals surface area contributed by atoms with Crippen LogP contribution in [-0.2, 0) is 0 Å². The Bertz CT molecular complexity index is 164. The monoisotopic (exact) mass is 191 g/mol. The lowest BCUT2D eigenvalue weighted by Gasteiger charge is -2.42. The van der Waals surface area contributed by atoms with E-state index in [1.165, 1.54) is 0 Å². The maximum atomic E-state index is 9.50. The molecule has 4 atom stereocenters. The SMILES string of the molecule is CCN1C[C@H](O)[C@@H](O)[C@H](O)[C@H]1CO. The average molecular weight is 191 g/mol. The minimum atomic E-state index is -1.15. The van der Waals surface area contributed by atoms with Crippen LogP contribution in [0.15, 0.2) is 0 Å². The van der Waals surface area contributed by atoms with E-state index < -0.39 is 24.4 Å². The van der Waals surface area contributed by atoms with E-state index in [0.29, 0.717) is 13.1 Å². The van der Waals surface area contributed by atoms with Gasteiger partial charge in [0.15, 0.2) is 0 Å². The Balaban J connectivity index is 2.69. The van der Waals surface area contributed by atoms with Gasteiger partial charge >= 0.3 is 0 Å². The van der Waals surface area contributed by atoms with Crippen LogP contribution >= 0.6 is 0 Å². The molecule has 1 fully saturated rings. The van der Waals surface area contributed by atoms with Crippen molar-refractivity contribution < 1.29 is 20.4 Å². The van der Waals surface area contributed by atoms with E-state index in [2.05, 4.69) is 0 Å². The first-order valence-corrected chi connectivity index (χ1v) is 4.51. The molecule has 0 aromatic heterocycles. The molecule has 0 aromatic carbocycles. The minimum absolute atomic E-state index is 0.210. The number of hydrogen-bond donors (Lipinski definition) is 4. The molecule has 0 aromatic rings. The molecule has 0 amide bonds. The Morgan fingerprint density at radius 1 is 1.23 bits per heavy atom. The molecule has 0 bridgehead atoms. The van der Waals surface area contributed by atoms with Crippen LogP contribution in [0.3, 0.4) is 0 Å². The molecule has 0 aliphatic carbocycles. The molecule has 1 aliphatic heterocycles. The van der Waals surface area contributed by atoms with Crippen LogP contribution in [-0.4, -0.2) is 69.4 Å². The highest BCUT2D eigenvalue weighted by molar-refractivity contribution is 4.93. The van der Waals surface area contributed by atoms with E-state index in [1.54, 1.807) is 4.90 Å². The summed E-state index contributed by atoms with van der Waals surface area (Å²) in [5, 5.41) is 37.1. The van der Waals surface area contributed by atoms with Gasteiger partial charge in [-0.1, -0.05) is 6.92 Å².